The van der Waals surface area contributed by atoms with Gasteiger partial charge in [-0.05, 0) is 147 Å². The fourth-order valence-corrected chi connectivity index (χ4v) is 14.6. The first-order valence-corrected chi connectivity index (χ1v) is 21.8. The van der Waals surface area contributed by atoms with Crippen molar-refractivity contribution in [1.29, 1.82) is 0 Å². The standard InChI is InChI=1S/C45H78/c1-5-8-9-18-33-27-29-36(30-28-33)38-25-16-26-39(38)45-42-23-14-12-21-40(42)44(41-22-13-15-24-43(41)45)32(4)31-34(7-3)37(17-6-2)35-19-10-11-20-35/h7,32-45H,3,5-6,8-31H2,1-2,4H3. The lowest BCUT2D eigenvalue weighted by Gasteiger charge is -2.60. The van der Waals surface area contributed by atoms with Crippen molar-refractivity contribution in [3.05, 3.63) is 12.7 Å². The molecule has 258 valence electrons. The maximum atomic E-state index is 4.54. The van der Waals surface area contributed by atoms with Crippen LogP contribution in [-0.2, 0) is 0 Å². The Balaban J connectivity index is 1.18. The monoisotopic (exact) mass is 619 g/mol. The first-order chi connectivity index (χ1) is 22.1. The second kappa shape index (κ2) is 16.9. The smallest absolute Gasteiger partial charge is 0.0203 e. The van der Waals surface area contributed by atoms with Crippen molar-refractivity contribution in [2.24, 2.45) is 82.9 Å². The van der Waals surface area contributed by atoms with Crippen LogP contribution < -0.4 is 0 Å². The molecule has 0 spiro atoms. The van der Waals surface area contributed by atoms with E-state index in [9.17, 15) is 0 Å². The highest BCUT2D eigenvalue weighted by atomic mass is 14.6. The summed E-state index contributed by atoms with van der Waals surface area (Å²) in [7, 11) is 0. The summed E-state index contributed by atoms with van der Waals surface area (Å²) in [4.78, 5) is 0. The summed E-state index contributed by atoms with van der Waals surface area (Å²) in [5.74, 6) is 14.3. The zero-order chi connectivity index (χ0) is 31.2. The molecule has 0 amide bonds. The number of fused-ring (bicyclic) bond motifs is 2. The fourth-order valence-electron chi connectivity index (χ4n) is 14.6. The lowest BCUT2D eigenvalue weighted by atomic mass is 9.45. The Morgan fingerprint density at radius 1 is 0.600 bits per heavy atom. The van der Waals surface area contributed by atoms with E-state index in [4.69, 9.17) is 0 Å². The third-order valence-electron chi connectivity index (χ3n) is 16.3. The largest absolute Gasteiger partial charge is 0.103 e. The van der Waals surface area contributed by atoms with Gasteiger partial charge in [-0.3, -0.25) is 0 Å². The highest BCUT2D eigenvalue weighted by molar-refractivity contribution is 5.05. The number of hydrogen-bond acceptors (Lipinski definition) is 0. The van der Waals surface area contributed by atoms with Gasteiger partial charge < -0.3 is 0 Å². The molecular formula is C45H78. The molecular weight excluding hydrogens is 540 g/mol. The minimum Gasteiger partial charge on any atom is -0.103 e. The van der Waals surface area contributed by atoms with Crippen LogP contribution in [0.5, 0.6) is 0 Å². The van der Waals surface area contributed by atoms with Crippen molar-refractivity contribution in [1.82, 2.24) is 0 Å². The van der Waals surface area contributed by atoms with Gasteiger partial charge in [0.15, 0.2) is 0 Å². The molecule has 45 heavy (non-hydrogen) atoms. The zero-order valence-electron chi connectivity index (χ0n) is 30.8. The Hall–Kier alpha value is -0.260. The summed E-state index contributed by atoms with van der Waals surface area (Å²) in [6, 6.07) is 0. The number of rotatable bonds is 14. The summed E-state index contributed by atoms with van der Waals surface area (Å²) in [5, 5.41) is 0. The first kappa shape index (κ1) is 34.6. The quantitative estimate of drug-likeness (QED) is 0.134. The Kier molecular flexibility index (Phi) is 13.0. The third-order valence-corrected chi connectivity index (χ3v) is 16.3. The van der Waals surface area contributed by atoms with Crippen LogP contribution in [0, 0.1) is 82.9 Å². The summed E-state index contributed by atoms with van der Waals surface area (Å²) >= 11 is 0. The number of hydrogen-bond donors (Lipinski definition) is 0. The lowest BCUT2D eigenvalue weighted by Crippen LogP contribution is -2.53. The Morgan fingerprint density at radius 2 is 1.16 bits per heavy atom. The molecule has 9 atom stereocenters. The van der Waals surface area contributed by atoms with E-state index >= 15 is 0 Å². The molecule has 0 heteroatoms. The molecule has 0 radical (unpaired) electrons. The molecule has 9 unspecified atom stereocenters. The molecule has 0 bridgehead atoms. The SMILES string of the molecule is C=CC(CC(C)C1C2CCCCC2C(C2CCCC2C2CCC(CCCCC)CC2)C2CCCCC21)C(CCC)C1CCCC1. The van der Waals surface area contributed by atoms with Crippen molar-refractivity contribution < 1.29 is 0 Å². The second-order valence-electron chi connectivity index (χ2n) is 18.5. The van der Waals surface area contributed by atoms with Crippen molar-refractivity contribution >= 4 is 0 Å². The van der Waals surface area contributed by atoms with Gasteiger partial charge in [-0.1, -0.05) is 130 Å². The first-order valence-electron chi connectivity index (χ1n) is 21.8. The zero-order valence-corrected chi connectivity index (χ0v) is 30.8. The molecule has 0 heterocycles. The molecule has 0 saturated heterocycles. The summed E-state index contributed by atoms with van der Waals surface area (Å²) in [6.07, 6.45) is 42.3. The van der Waals surface area contributed by atoms with Crippen LogP contribution in [0.1, 0.15) is 188 Å². The highest BCUT2D eigenvalue weighted by Gasteiger charge is 2.56. The molecule has 0 N–H and O–H groups in total. The fraction of sp³-hybridized carbons (Fsp3) is 0.956. The van der Waals surface area contributed by atoms with Gasteiger partial charge >= 0.3 is 0 Å². The van der Waals surface area contributed by atoms with Gasteiger partial charge in [-0.15, -0.1) is 6.58 Å². The summed E-state index contributed by atoms with van der Waals surface area (Å²) < 4.78 is 0. The van der Waals surface area contributed by atoms with E-state index < -0.39 is 0 Å². The summed E-state index contributed by atoms with van der Waals surface area (Å²) in [6.45, 7) is 12.1. The molecule has 6 aliphatic rings. The van der Waals surface area contributed by atoms with E-state index in [-0.39, 0.29) is 0 Å². The van der Waals surface area contributed by atoms with Gasteiger partial charge in [0.25, 0.3) is 0 Å². The molecule has 6 aliphatic carbocycles. The predicted octanol–water partition coefficient (Wildman–Crippen LogP) is 14.1. The van der Waals surface area contributed by atoms with Crippen molar-refractivity contribution in [3.63, 3.8) is 0 Å². The predicted molar refractivity (Wildman–Crippen MR) is 196 cm³/mol. The lowest BCUT2D eigenvalue weighted by molar-refractivity contribution is -0.112. The van der Waals surface area contributed by atoms with Crippen LogP contribution in [0.4, 0.5) is 0 Å². The topological polar surface area (TPSA) is 0 Å². The van der Waals surface area contributed by atoms with Gasteiger partial charge in [0.2, 0.25) is 0 Å². The van der Waals surface area contributed by atoms with E-state index in [0.29, 0.717) is 0 Å². The average molecular weight is 619 g/mol. The second-order valence-corrected chi connectivity index (χ2v) is 18.5. The maximum Gasteiger partial charge on any atom is -0.0203 e. The molecule has 6 rings (SSSR count). The normalized spacial score (nSPS) is 41.2. The van der Waals surface area contributed by atoms with E-state index in [1.54, 1.807) is 83.5 Å². The Bertz CT molecular complexity index is 833. The average Bonchev–Trinajstić information content (AvgIpc) is 3.79. The maximum absolute atomic E-state index is 4.54. The minimum absolute atomic E-state index is 0.765. The molecule has 0 aliphatic heterocycles. The van der Waals surface area contributed by atoms with Gasteiger partial charge in [0, 0.05) is 0 Å². The van der Waals surface area contributed by atoms with Gasteiger partial charge in [-0.25, -0.2) is 0 Å². The molecule has 0 aromatic heterocycles. The Morgan fingerprint density at radius 3 is 1.76 bits per heavy atom. The van der Waals surface area contributed by atoms with Crippen molar-refractivity contribution in [2.75, 3.05) is 0 Å². The van der Waals surface area contributed by atoms with Crippen LogP contribution >= 0.6 is 0 Å². The van der Waals surface area contributed by atoms with Crippen LogP contribution in [-0.4, -0.2) is 0 Å². The van der Waals surface area contributed by atoms with E-state index in [2.05, 4.69) is 33.4 Å². The molecule has 0 aromatic carbocycles. The van der Waals surface area contributed by atoms with Crippen LogP contribution in [0.25, 0.3) is 0 Å². The van der Waals surface area contributed by atoms with Gasteiger partial charge in [-0.2, -0.15) is 0 Å². The van der Waals surface area contributed by atoms with Crippen LogP contribution in [0.15, 0.2) is 12.7 Å². The van der Waals surface area contributed by atoms with Crippen LogP contribution in [0.2, 0.25) is 0 Å². The van der Waals surface area contributed by atoms with Gasteiger partial charge in [0.05, 0.1) is 0 Å². The number of allylic oxidation sites excluding steroid dienone is 1. The molecule has 6 fully saturated rings. The Labute approximate surface area is 282 Å². The van der Waals surface area contributed by atoms with E-state index in [1.165, 1.54) is 83.5 Å². The van der Waals surface area contributed by atoms with E-state index in [1.807, 2.05) is 0 Å². The van der Waals surface area contributed by atoms with Gasteiger partial charge in [0.1, 0.15) is 0 Å². The summed E-state index contributed by atoms with van der Waals surface area (Å²) in [5.41, 5.74) is 0. The molecule has 6 saturated carbocycles. The highest BCUT2D eigenvalue weighted by Crippen LogP contribution is 2.63. The number of unbranched alkanes of at least 4 members (excludes halogenated alkanes) is 2. The van der Waals surface area contributed by atoms with E-state index in [0.717, 1.165) is 82.9 Å². The minimum atomic E-state index is 0.765. The molecule has 0 aromatic rings. The van der Waals surface area contributed by atoms with Crippen LogP contribution in [0.3, 0.4) is 0 Å². The third kappa shape index (κ3) is 7.82. The van der Waals surface area contributed by atoms with Crippen molar-refractivity contribution in [3.8, 4) is 0 Å². The molecule has 0 nitrogen and oxygen atoms in total. The van der Waals surface area contributed by atoms with Crippen molar-refractivity contribution in [2.45, 2.75) is 188 Å².